The Morgan fingerprint density at radius 3 is 3.06 bits per heavy atom. The minimum Gasteiger partial charge on any atom is -0.453 e. The molecule has 1 amide bonds. The van der Waals surface area contributed by atoms with E-state index in [4.69, 9.17) is 0 Å². The fourth-order valence-corrected chi connectivity index (χ4v) is 1.75. The number of nitrogens with zero attached hydrogens (tertiary/aromatic N) is 1. The van der Waals surface area contributed by atoms with Crippen molar-refractivity contribution in [3.63, 3.8) is 0 Å². The third kappa shape index (κ3) is 5.12. The number of hydrogen-bond acceptors (Lipinski definition) is 5. The number of hydrogen-bond donors (Lipinski definition) is 1. The molecule has 0 saturated carbocycles. The molecule has 6 nitrogen and oxygen atoms in total. The fourth-order valence-electron chi connectivity index (χ4n) is 1.12. The molecular weight excluding hydrogens is 244 g/mol. The Labute approximate surface area is 102 Å². The molecule has 17 heavy (non-hydrogen) atoms. The Morgan fingerprint density at radius 2 is 2.53 bits per heavy atom. The molecule has 0 aromatic carbocycles. The predicted octanol–water partition coefficient (Wildman–Crippen LogP) is 1.76. The van der Waals surface area contributed by atoms with E-state index in [1.165, 1.54) is 18.4 Å². The second-order valence-corrected chi connectivity index (χ2v) is 4.11. The normalized spacial score (nSPS) is 12.3. The molecule has 1 N–H and O–H groups in total. The summed E-state index contributed by atoms with van der Waals surface area (Å²) in [4.78, 5) is 21.9. The molecule has 7 heteroatoms. The predicted molar refractivity (Wildman–Crippen MR) is 64.5 cm³/mol. The lowest BCUT2D eigenvalue weighted by Gasteiger charge is -2.09. The lowest BCUT2D eigenvalue weighted by atomic mass is 10.2. The van der Waals surface area contributed by atoms with Gasteiger partial charge in [-0.2, -0.15) is 0 Å². The van der Waals surface area contributed by atoms with Crippen LogP contribution in [-0.4, -0.2) is 30.7 Å². The van der Waals surface area contributed by atoms with E-state index in [0.29, 0.717) is 0 Å². The van der Waals surface area contributed by atoms with Crippen molar-refractivity contribution in [2.24, 2.45) is 0 Å². The molecule has 1 unspecified atom stereocenters. The number of methoxy groups -OCH3 is 1. The Kier molecular flexibility index (Phi) is 5.15. The second kappa shape index (κ2) is 6.64. The summed E-state index contributed by atoms with van der Waals surface area (Å²) < 4.78 is 4.40. The summed E-state index contributed by atoms with van der Waals surface area (Å²) in [7, 11) is 1.21. The van der Waals surface area contributed by atoms with Gasteiger partial charge < -0.3 is 10.1 Å². The highest BCUT2D eigenvalue weighted by atomic mass is 32.1. The molecule has 1 rings (SSSR count). The average Bonchev–Trinajstić information content (AvgIpc) is 2.77. The van der Waals surface area contributed by atoms with Crippen molar-refractivity contribution in [3.8, 4) is 0 Å². The maximum Gasteiger partial charge on any atom is 0.407 e. The van der Waals surface area contributed by atoms with Crippen LogP contribution < -0.4 is 5.32 Å². The minimum absolute atomic E-state index is 0.378. The van der Waals surface area contributed by atoms with Crippen molar-refractivity contribution in [1.29, 1.82) is 0 Å². The van der Waals surface area contributed by atoms with Crippen LogP contribution in [0.4, 0.5) is 4.79 Å². The van der Waals surface area contributed by atoms with Gasteiger partial charge in [-0.1, -0.05) is 12.1 Å². The number of nitrogens with one attached hydrogen (secondary N) is 1. The second-order valence-electron chi connectivity index (χ2n) is 3.13. The monoisotopic (exact) mass is 256 g/mol. The van der Waals surface area contributed by atoms with Gasteiger partial charge in [-0.05, 0) is 17.5 Å². The molecule has 1 heterocycles. The van der Waals surface area contributed by atoms with Crippen LogP contribution in [0.2, 0.25) is 0 Å². The third-order valence-corrected chi connectivity index (χ3v) is 2.71. The Balaban J connectivity index is 2.62. The largest absolute Gasteiger partial charge is 0.453 e. The van der Waals surface area contributed by atoms with E-state index in [2.05, 4.69) is 10.1 Å². The van der Waals surface area contributed by atoms with Crippen molar-refractivity contribution >= 4 is 23.5 Å². The highest BCUT2D eigenvalue weighted by Gasteiger charge is 2.14. The van der Waals surface area contributed by atoms with Gasteiger partial charge in [0.2, 0.25) is 6.54 Å². The standard InChI is InChI=1S/C10H12N2O4S/c1-16-10(13)11-8(7-12(14)15)4-5-9-3-2-6-17-9/h2-6,8H,7H2,1H3,(H,11,13)/b5-4+. The van der Waals surface area contributed by atoms with Gasteiger partial charge in [0.15, 0.2) is 0 Å². The van der Waals surface area contributed by atoms with Gasteiger partial charge in [0, 0.05) is 9.80 Å². The van der Waals surface area contributed by atoms with Crippen molar-refractivity contribution in [3.05, 3.63) is 38.6 Å². The number of rotatable bonds is 5. The molecule has 0 aliphatic carbocycles. The summed E-state index contributed by atoms with van der Waals surface area (Å²) in [6.07, 6.45) is 2.62. The molecule has 0 bridgehead atoms. The van der Waals surface area contributed by atoms with Gasteiger partial charge in [-0.3, -0.25) is 10.1 Å². The lowest BCUT2D eigenvalue weighted by Crippen LogP contribution is -2.38. The van der Waals surface area contributed by atoms with E-state index in [-0.39, 0.29) is 6.54 Å². The van der Waals surface area contributed by atoms with Crippen LogP contribution in [-0.2, 0) is 4.74 Å². The number of carbonyl (C=O) groups excluding carboxylic acids is 1. The van der Waals surface area contributed by atoms with Crippen molar-refractivity contribution in [1.82, 2.24) is 5.32 Å². The van der Waals surface area contributed by atoms with Gasteiger partial charge in [0.05, 0.1) is 7.11 Å². The van der Waals surface area contributed by atoms with Crippen LogP contribution in [0.3, 0.4) is 0 Å². The van der Waals surface area contributed by atoms with E-state index in [1.807, 2.05) is 17.5 Å². The molecule has 0 fully saturated rings. The minimum atomic E-state index is -0.687. The summed E-state index contributed by atoms with van der Waals surface area (Å²) in [6.45, 7) is -0.378. The van der Waals surface area contributed by atoms with E-state index >= 15 is 0 Å². The van der Waals surface area contributed by atoms with Crippen molar-refractivity contribution in [2.75, 3.05) is 13.7 Å². The number of amides is 1. The van der Waals surface area contributed by atoms with E-state index in [0.717, 1.165) is 4.88 Å². The molecule has 0 aliphatic rings. The number of ether oxygens (including phenoxy) is 1. The van der Waals surface area contributed by atoms with Crippen LogP contribution in [0.15, 0.2) is 23.6 Å². The fraction of sp³-hybridized carbons (Fsp3) is 0.300. The molecule has 0 aliphatic heterocycles. The first-order valence-electron chi connectivity index (χ1n) is 4.80. The third-order valence-electron chi connectivity index (χ3n) is 1.87. The molecule has 1 atom stereocenters. The Hall–Kier alpha value is -1.89. The van der Waals surface area contributed by atoms with Crippen molar-refractivity contribution < 1.29 is 14.5 Å². The van der Waals surface area contributed by atoms with Crippen LogP contribution in [0, 0.1) is 10.1 Å². The maximum atomic E-state index is 11.0. The van der Waals surface area contributed by atoms with Crippen LogP contribution in [0.1, 0.15) is 4.88 Å². The van der Waals surface area contributed by atoms with Crippen LogP contribution >= 0.6 is 11.3 Å². The van der Waals surface area contributed by atoms with Gasteiger partial charge in [0.1, 0.15) is 6.04 Å². The highest BCUT2D eigenvalue weighted by molar-refractivity contribution is 7.10. The van der Waals surface area contributed by atoms with E-state index in [9.17, 15) is 14.9 Å². The first-order chi connectivity index (χ1) is 8.11. The number of nitro groups is 1. The first-order valence-corrected chi connectivity index (χ1v) is 5.67. The molecule has 1 aromatic heterocycles. The maximum absolute atomic E-state index is 11.0. The summed E-state index contributed by atoms with van der Waals surface area (Å²) in [6, 6.07) is 3.07. The first kappa shape index (κ1) is 13.2. The summed E-state index contributed by atoms with van der Waals surface area (Å²) >= 11 is 1.51. The lowest BCUT2D eigenvalue weighted by molar-refractivity contribution is -0.481. The zero-order valence-electron chi connectivity index (χ0n) is 9.16. The smallest absolute Gasteiger partial charge is 0.407 e. The summed E-state index contributed by atoms with van der Waals surface area (Å²) in [5.41, 5.74) is 0. The topological polar surface area (TPSA) is 81.5 Å². The Bertz CT molecular complexity index is 402. The molecule has 0 radical (unpaired) electrons. The Morgan fingerprint density at radius 1 is 1.76 bits per heavy atom. The van der Waals surface area contributed by atoms with Gasteiger partial charge in [-0.25, -0.2) is 4.79 Å². The van der Waals surface area contributed by atoms with Gasteiger partial charge >= 0.3 is 6.09 Å². The van der Waals surface area contributed by atoms with Crippen LogP contribution in [0.25, 0.3) is 6.08 Å². The number of carbonyl (C=O) groups is 1. The highest BCUT2D eigenvalue weighted by Crippen LogP contribution is 2.10. The summed E-state index contributed by atoms with van der Waals surface area (Å²) in [5.74, 6) is 0. The quantitative estimate of drug-likeness (QED) is 0.643. The summed E-state index contributed by atoms with van der Waals surface area (Å²) in [5, 5.41) is 14.7. The molecule has 0 spiro atoms. The van der Waals surface area contributed by atoms with Crippen molar-refractivity contribution in [2.45, 2.75) is 6.04 Å². The zero-order valence-corrected chi connectivity index (χ0v) is 9.98. The average molecular weight is 256 g/mol. The number of thiophene rings is 1. The van der Waals surface area contributed by atoms with Crippen LogP contribution in [0.5, 0.6) is 0 Å². The van der Waals surface area contributed by atoms with Gasteiger partial charge in [-0.15, -0.1) is 11.3 Å². The molecule has 92 valence electrons. The zero-order chi connectivity index (χ0) is 12.7. The molecule has 1 aromatic rings. The SMILES string of the molecule is COC(=O)NC(/C=C/c1cccs1)C[N+](=O)[O-]. The van der Waals surface area contributed by atoms with E-state index in [1.54, 1.807) is 12.2 Å². The molecule has 0 saturated heterocycles. The number of alkyl carbamates (subject to hydrolysis) is 1. The molecular formula is C10H12N2O4S. The van der Waals surface area contributed by atoms with E-state index < -0.39 is 17.1 Å². The van der Waals surface area contributed by atoms with Gasteiger partial charge in [0.25, 0.3) is 0 Å².